The molecule has 1 saturated heterocycles. The van der Waals surface area contributed by atoms with Gasteiger partial charge in [-0.15, -0.1) is 0 Å². The van der Waals surface area contributed by atoms with E-state index in [9.17, 15) is 17.6 Å². The first kappa shape index (κ1) is 27.2. The van der Waals surface area contributed by atoms with Gasteiger partial charge in [0.2, 0.25) is 15.8 Å². The maximum absolute atomic E-state index is 13.4. The molecule has 0 bridgehead atoms. The summed E-state index contributed by atoms with van der Waals surface area (Å²) in [5, 5.41) is 2.72. The second kappa shape index (κ2) is 11.7. The molecule has 1 aliphatic heterocycles. The highest BCUT2D eigenvalue weighted by molar-refractivity contribution is 7.89. The highest BCUT2D eigenvalue weighted by Gasteiger charge is 2.28. The number of amides is 1. The van der Waals surface area contributed by atoms with Crippen LogP contribution >= 0.6 is 0 Å². The number of halogens is 1. The van der Waals surface area contributed by atoms with Crippen molar-refractivity contribution in [2.75, 3.05) is 52.9 Å². The summed E-state index contributed by atoms with van der Waals surface area (Å²) in [7, 11) is 0.422. The first-order valence-electron chi connectivity index (χ1n) is 11.5. The van der Waals surface area contributed by atoms with Gasteiger partial charge in [0, 0.05) is 18.7 Å². The van der Waals surface area contributed by atoms with Gasteiger partial charge in [-0.2, -0.15) is 4.31 Å². The van der Waals surface area contributed by atoms with Gasteiger partial charge in [-0.1, -0.05) is 0 Å². The molecule has 0 aliphatic carbocycles. The molecule has 3 aromatic rings. The number of methoxy groups -OCH3 is 3. The van der Waals surface area contributed by atoms with E-state index in [2.05, 4.69) is 5.32 Å². The molecule has 1 amide bonds. The zero-order valence-corrected chi connectivity index (χ0v) is 21.8. The van der Waals surface area contributed by atoms with Crippen LogP contribution in [0, 0.1) is 5.82 Å². The Morgan fingerprint density at radius 2 is 1.53 bits per heavy atom. The summed E-state index contributed by atoms with van der Waals surface area (Å²) in [6, 6.07) is 12.3. The summed E-state index contributed by atoms with van der Waals surface area (Å²) in [6.45, 7) is 0.998. The van der Waals surface area contributed by atoms with Gasteiger partial charge in [-0.3, -0.25) is 4.79 Å². The van der Waals surface area contributed by atoms with E-state index in [0.29, 0.717) is 11.5 Å². The monoisotopic (exact) mass is 546 g/mol. The number of hydrogen-bond acceptors (Lipinski definition) is 8. The molecule has 1 heterocycles. The number of benzene rings is 3. The Morgan fingerprint density at radius 1 is 0.895 bits per heavy atom. The van der Waals surface area contributed by atoms with Crippen LogP contribution in [0.5, 0.6) is 28.7 Å². The summed E-state index contributed by atoms with van der Waals surface area (Å²) in [5.74, 6) is 0.253. The Labute approximate surface area is 219 Å². The van der Waals surface area contributed by atoms with Crippen LogP contribution in [-0.2, 0) is 14.8 Å². The molecule has 12 heteroatoms. The number of nitrogens with one attached hydrogen (secondary N) is 1. The number of sulfonamides is 1. The Bertz CT molecular complexity index is 1380. The van der Waals surface area contributed by atoms with Crippen molar-refractivity contribution in [3.05, 3.63) is 66.0 Å². The molecular formula is C26H27FN2O8S. The Kier molecular flexibility index (Phi) is 8.35. The van der Waals surface area contributed by atoms with Gasteiger partial charge in [0.05, 0.1) is 45.1 Å². The van der Waals surface area contributed by atoms with E-state index in [1.807, 2.05) is 0 Å². The molecule has 0 atom stereocenters. The highest BCUT2D eigenvalue weighted by atomic mass is 32.2. The van der Waals surface area contributed by atoms with Crippen LogP contribution in [-0.4, -0.2) is 66.3 Å². The van der Waals surface area contributed by atoms with Crippen LogP contribution < -0.4 is 24.3 Å². The summed E-state index contributed by atoms with van der Waals surface area (Å²) in [5.41, 5.74) is 0.246. The maximum Gasteiger partial charge on any atom is 0.256 e. The van der Waals surface area contributed by atoms with Crippen LogP contribution in [0.1, 0.15) is 10.4 Å². The van der Waals surface area contributed by atoms with Crippen molar-refractivity contribution in [1.82, 2.24) is 4.31 Å². The summed E-state index contributed by atoms with van der Waals surface area (Å²) in [6.07, 6.45) is 0. The fourth-order valence-electron chi connectivity index (χ4n) is 3.83. The van der Waals surface area contributed by atoms with Gasteiger partial charge >= 0.3 is 0 Å². The number of hydrogen-bond donors (Lipinski definition) is 1. The van der Waals surface area contributed by atoms with E-state index >= 15 is 0 Å². The van der Waals surface area contributed by atoms with E-state index in [1.165, 1.54) is 80.2 Å². The van der Waals surface area contributed by atoms with Crippen LogP contribution in [0.3, 0.4) is 0 Å². The lowest BCUT2D eigenvalue weighted by atomic mass is 10.1. The van der Waals surface area contributed by atoms with Crippen LogP contribution in [0.25, 0.3) is 0 Å². The first-order valence-corrected chi connectivity index (χ1v) is 13.0. The Balaban J connectivity index is 1.73. The molecule has 4 rings (SSSR count). The smallest absolute Gasteiger partial charge is 0.256 e. The number of carbonyl (C=O) groups excluding carboxylic acids is 1. The van der Waals surface area contributed by atoms with Crippen LogP contribution in [0.15, 0.2) is 59.5 Å². The quantitative estimate of drug-likeness (QED) is 0.430. The number of anilines is 1. The van der Waals surface area contributed by atoms with Crippen molar-refractivity contribution >= 4 is 21.6 Å². The number of nitrogens with zero attached hydrogens (tertiary/aromatic N) is 1. The number of rotatable bonds is 9. The SMILES string of the molecule is COc1cc(C(=O)Nc2cc(S(=O)(=O)N3CCOCC3)ccc2Oc2ccc(F)cc2)cc(OC)c1OC. The lowest BCUT2D eigenvalue weighted by Gasteiger charge is -2.26. The zero-order valence-electron chi connectivity index (χ0n) is 21.0. The largest absolute Gasteiger partial charge is 0.493 e. The molecule has 38 heavy (non-hydrogen) atoms. The molecule has 202 valence electrons. The molecule has 0 saturated carbocycles. The number of ether oxygens (including phenoxy) is 5. The van der Waals surface area contributed by atoms with Crippen molar-refractivity contribution < 1.29 is 41.3 Å². The standard InChI is InChI=1S/C26H27FN2O8S/c1-33-23-14-17(15-24(34-2)25(23)35-3)26(30)28-21-16-20(38(31,32)29-10-12-36-13-11-29)8-9-22(21)37-19-6-4-18(27)5-7-19/h4-9,14-16H,10-13H2,1-3H3,(H,28,30). The van der Waals surface area contributed by atoms with E-state index in [-0.39, 0.29) is 59.7 Å². The lowest BCUT2D eigenvalue weighted by Crippen LogP contribution is -2.40. The van der Waals surface area contributed by atoms with Crippen LogP contribution in [0.4, 0.5) is 10.1 Å². The molecule has 3 aromatic carbocycles. The Hall–Kier alpha value is -3.87. The van der Waals surface area contributed by atoms with Crippen molar-refractivity contribution in [2.45, 2.75) is 4.90 Å². The minimum Gasteiger partial charge on any atom is -0.493 e. The van der Waals surface area contributed by atoms with E-state index in [1.54, 1.807) is 0 Å². The predicted molar refractivity (Wildman–Crippen MR) is 137 cm³/mol. The second-order valence-corrected chi connectivity index (χ2v) is 10.0. The normalized spacial score (nSPS) is 14.0. The van der Waals surface area contributed by atoms with Gasteiger partial charge in [-0.05, 0) is 54.6 Å². The van der Waals surface area contributed by atoms with Crippen molar-refractivity contribution in [2.24, 2.45) is 0 Å². The topological polar surface area (TPSA) is 113 Å². The van der Waals surface area contributed by atoms with Gasteiger partial charge in [0.25, 0.3) is 5.91 Å². The zero-order chi connectivity index (χ0) is 27.3. The number of carbonyl (C=O) groups is 1. The molecule has 10 nitrogen and oxygen atoms in total. The Morgan fingerprint density at radius 3 is 2.11 bits per heavy atom. The van der Waals surface area contributed by atoms with Crippen molar-refractivity contribution in [3.8, 4) is 28.7 Å². The fraction of sp³-hybridized carbons (Fsp3) is 0.269. The molecule has 0 spiro atoms. The lowest BCUT2D eigenvalue weighted by molar-refractivity contribution is 0.0730. The predicted octanol–water partition coefficient (Wildman–Crippen LogP) is 3.92. The summed E-state index contributed by atoms with van der Waals surface area (Å²) in [4.78, 5) is 13.3. The van der Waals surface area contributed by atoms with Crippen LogP contribution in [0.2, 0.25) is 0 Å². The van der Waals surface area contributed by atoms with E-state index in [0.717, 1.165) is 0 Å². The molecule has 1 aliphatic rings. The number of morpholine rings is 1. The highest BCUT2D eigenvalue weighted by Crippen LogP contribution is 2.39. The minimum atomic E-state index is -3.87. The molecule has 1 N–H and O–H groups in total. The average Bonchev–Trinajstić information content (AvgIpc) is 2.94. The van der Waals surface area contributed by atoms with Crippen molar-refractivity contribution in [3.63, 3.8) is 0 Å². The minimum absolute atomic E-state index is 0.0361. The van der Waals surface area contributed by atoms with Gasteiger partial charge in [-0.25, -0.2) is 12.8 Å². The van der Waals surface area contributed by atoms with E-state index < -0.39 is 21.7 Å². The summed E-state index contributed by atoms with van der Waals surface area (Å²) >= 11 is 0. The second-order valence-electron chi connectivity index (χ2n) is 8.10. The average molecular weight is 547 g/mol. The van der Waals surface area contributed by atoms with Gasteiger partial charge < -0.3 is 29.0 Å². The molecular weight excluding hydrogens is 519 g/mol. The fourth-order valence-corrected chi connectivity index (χ4v) is 5.26. The van der Waals surface area contributed by atoms with Crippen molar-refractivity contribution in [1.29, 1.82) is 0 Å². The molecule has 0 unspecified atom stereocenters. The van der Waals surface area contributed by atoms with E-state index in [4.69, 9.17) is 23.7 Å². The molecule has 0 radical (unpaired) electrons. The third-order valence-electron chi connectivity index (χ3n) is 5.78. The van der Waals surface area contributed by atoms with Gasteiger partial charge in [0.1, 0.15) is 11.6 Å². The molecule has 1 fully saturated rings. The summed E-state index contributed by atoms with van der Waals surface area (Å²) < 4.78 is 68.3. The third-order valence-corrected chi connectivity index (χ3v) is 7.67. The first-order chi connectivity index (χ1) is 18.3. The van der Waals surface area contributed by atoms with Gasteiger partial charge in [0.15, 0.2) is 17.2 Å². The third kappa shape index (κ3) is 5.82. The molecule has 0 aromatic heterocycles. The maximum atomic E-state index is 13.4.